The lowest BCUT2D eigenvalue weighted by molar-refractivity contribution is -0.142. The van der Waals surface area contributed by atoms with E-state index in [1.54, 1.807) is 26.0 Å². The summed E-state index contributed by atoms with van der Waals surface area (Å²) < 4.78 is 0. The van der Waals surface area contributed by atoms with Gasteiger partial charge in [0.2, 0.25) is 23.6 Å². The summed E-state index contributed by atoms with van der Waals surface area (Å²) in [5.74, 6) is -4.83. The topological polar surface area (TPSA) is 214 Å². The van der Waals surface area contributed by atoms with Gasteiger partial charge in [-0.1, -0.05) is 32.4 Å². The first kappa shape index (κ1) is 29.7. The number of primary amides is 1. The highest BCUT2D eigenvalue weighted by Gasteiger charge is 2.32. The lowest BCUT2D eigenvalue weighted by atomic mass is 9.96. The minimum Gasteiger partial charge on any atom is -0.508 e. The highest BCUT2D eigenvalue weighted by atomic mass is 32.1. The standard InChI is InChI=1S/C22H33N5O7S/c1-3-11(2)18(21(32)26-16(10-35)22(33)34)27-20(31)15(8-12-4-6-13(28)7-5-12)25-19(30)14(23)9-17(24)29/h4-7,11,14-16,18,28,35H,3,8-10,23H2,1-2H3,(H2,24,29)(H,25,30)(H,26,32)(H,27,31)(H,33,34). The number of aliphatic carboxylic acids is 1. The van der Waals surface area contributed by atoms with Crippen molar-refractivity contribution >= 4 is 42.2 Å². The lowest BCUT2D eigenvalue weighted by Crippen LogP contribution is -2.59. The molecule has 1 aromatic carbocycles. The smallest absolute Gasteiger partial charge is 0.327 e. The molecule has 5 atom stereocenters. The molecule has 0 bridgehead atoms. The Balaban J connectivity index is 3.15. The Kier molecular flexibility index (Phi) is 12.0. The van der Waals surface area contributed by atoms with Crippen molar-refractivity contribution < 1.29 is 34.2 Å². The van der Waals surface area contributed by atoms with Crippen molar-refractivity contribution in [2.24, 2.45) is 17.4 Å². The molecule has 0 aromatic heterocycles. The van der Waals surface area contributed by atoms with Crippen LogP contribution in [-0.2, 0) is 30.4 Å². The number of nitrogens with two attached hydrogens (primary N) is 2. The Hall–Kier alpha value is -3.32. The number of phenols is 1. The van der Waals surface area contributed by atoms with E-state index < -0.39 is 60.2 Å². The molecule has 0 saturated carbocycles. The molecule has 5 unspecified atom stereocenters. The van der Waals surface area contributed by atoms with E-state index in [0.29, 0.717) is 12.0 Å². The Morgan fingerprint density at radius 1 is 0.971 bits per heavy atom. The van der Waals surface area contributed by atoms with Crippen LogP contribution in [0.3, 0.4) is 0 Å². The fraction of sp³-hybridized carbons (Fsp3) is 0.500. The van der Waals surface area contributed by atoms with Gasteiger partial charge in [0.15, 0.2) is 0 Å². The maximum absolute atomic E-state index is 13.2. The number of benzene rings is 1. The summed E-state index contributed by atoms with van der Waals surface area (Å²) in [4.78, 5) is 60.9. The molecule has 9 N–H and O–H groups in total. The first-order valence-corrected chi connectivity index (χ1v) is 11.6. The van der Waals surface area contributed by atoms with Gasteiger partial charge in [0, 0.05) is 12.2 Å². The summed E-state index contributed by atoms with van der Waals surface area (Å²) in [6, 6.07) is 1.06. The van der Waals surface area contributed by atoms with Gasteiger partial charge in [-0.2, -0.15) is 12.6 Å². The van der Waals surface area contributed by atoms with Crippen molar-refractivity contribution in [2.45, 2.75) is 57.3 Å². The lowest BCUT2D eigenvalue weighted by Gasteiger charge is -2.28. The predicted molar refractivity (Wildman–Crippen MR) is 130 cm³/mol. The van der Waals surface area contributed by atoms with E-state index >= 15 is 0 Å². The van der Waals surface area contributed by atoms with E-state index in [1.165, 1.54) is 12.1 Å². The monoisotopic (exact) mass is 511 g/mol. The molecule has 0 fully saturated rings. The number of carboxylic acid groups (broad SMARTS) is 1. The molecule has 0 aliphatic heterocycles. The number of carboxylic acids is 1. The Morgan fingerprint density at radius 2 is 1.54 bits per heavy atom. The summed E-state index contributed by atoms with van der Waals surface area (Å²) in [5.41, 5.74) is 11.4. The summed E-state index contributed by atoms with van der Waals surface area (Å²) in [6.45, 7) is 3.50. The third-order valence-electron chi connectivity index (χ3n) is 5.36. The van der Waals surface area contributed by atoms with E-state index in [9.17, 15) is 34.2 Å². The largest absolute Gasteiger partial charge is 0.508 e. The van der Waals surface area contributed by atoms with Crippen LogP contribution in [0.2, 0.25) is 0 Å². The number of nitrogens with one attached hydrogen (secondary N) is 3. The summed E-state index contributed by atoms with van der Waals surface area (Å²) >= 11 is 3.93. The molecular weight excluding hydrogens is 478 g/mol. The van der Waals surface area contributed by atoms with Crippen LogP contribution in [0, 0.1) is 5.92 Å². The van der Waals surface area contributed by atoms with E-state index in [4.69, 9.17) is 11.5 Å². The number of hydrogen-bond acceptors (Lipinski definition) is 8. The van der Waals surface area contributed by atoms with Crippen molar-refractivity contribution in [3.8, 4) is 5.75 Å². The summed E-state index contributed by atoms with van der Waals surface area (Å²) in [7, 11) is 0. The fourth-order valence-electron chi connectivity index (χ4n) is 3.07. The molecule has 1 aromatic rings. The third-order valence-corrected chi connectivity index (χ3v) is 5.72. The second-order valence-electron chi connectivity index (χ2n) is 8.16. The van der Waals surface area contributed by atoms with Crippen LogP contribution < -0.4 is 27.4 Å². The van der Waals surface area contributed by atoms with Crippen LogP contribution >= 0.6 is 12.6 Å². The second-order valence-corrected chi connectivity index (χ2v) is 8.53. The minimum absolute atomic E-state index is 0.00736. The van der Waals surface area contributed by atoms with Crippen molar-refractivity contribution in [3.05, 3.63) is 29.8 Å². The maximum Gasteiger partial charge on any atom is 0.327 e. The Labute approximate surface area is 208 Å². The molecular formula is C22H33N5O7S. The van der Waals surface area contributed by atoms with E-state index in [0.717, 1.165) is 0 Å². The molecule has 13 heteroatoms. The van der Waals surface area contributed by atoms with Crippen LogP contribution in [0.15, 0.2) is 24.3 Å². The Morgan fingerprint density at radius 3 is 2.03 bits per heavy atom. The van der Waals surface area contributed by atoms with Crippen molar-refractivity contribution in [1.29, 1.82) is 0 Å². The number of thiol groups is 1. The van der Waals surface area contributed by atoms with Gasteiger partial charge < -0.3 is 37.6 Å². The molecule has 0 saturated heterocycles. The molecule has 4 amide bonds. The number of amides is 4. The SMILES string of the molecule is CCC(C)C(NC(=O)C(Cc1ccc(O)cc1)NC(=O)C(N)CC(N)=O)C(=O)NC(CS)C(=O)O. The average molecular weight is 512 g/mol. The van der Waals surface area contributed by atoms with Crippen molar-refractivity contribution in [3.63, 3.8) is 0 Å². The van der Waals surface area contributed by atoms with E-state index in [1.807, 2.05) is 0 Å². The number of carbonyl (C=O) groups excluding carboxylic acids is 4. The molecule has 194 valence electrons. The van der Waals surface area contributed by atoms with Gasteiger partial charge >= 0.3 is 5.97 Å². The normalized spacial score (nSPS) is 15.1. The number of aromatic hydroxyl groups is 1. The van der Waals surface area contributed by atoms with Crippen LogP contribution in [0.4, 0.5) is 0 Å². The zero-order valence-electron chi connectivity index (χ0n) is 19.6. The summed E-state index contributed by atoms with van der Waals surface area (Å²) in [5, 5.41) is 26.1. The first-order chi connectivity index (χ1) is 16.4. The van der Waals surface area contributed by atoms with Crippen LogP contribution in [0.1, 0.15) is 32.3 Å². The predicted octanol–water partition coefficient (Wildman–Crippen LogP) is -1.35. The number of phenolic OH excluding ortho intramolecular Hbond substituents is 1. The summed E-state index contributed by atoms with van der Waals surface area (Å²) in [6.07, 6.45) is 0.0252. The molecule has 1 rings (SSSR count). The zero-order chi connectivity index (χ0) is 26.7. The highest BCUT2D eigenvalue weighted by Crippen LogP contribution is 2.13. The zero-order valence-corrected chi connectivity index (χ0v) is 20.5. The molecule has 0 radical (unpaired) electrons. The molecule has 0 spiro atoms. The van der Waals surface area contributed by atoms with Gasteiger partial charge in [-0.25, -0.2) is 4.79 Å². The number of carbonyl (C=O) groups is 5. The van der Waals surface area contributed by atoms with Crippen LogP contribution in [0.5, 0.6) is 5.75 Å². The highest BCUT2D eigenvalue weighted by molar-refractivity contribution is 7.80. The first-order valence-electron chi connectivity index (χ1n) is 11.0. The average Bonchev–Trinajstić information content (AvgIpc) is 2.80. The van der Waals surface area contributed by atoms with Gasteiger partial charge in [-0.15, -0.1) is 0 Å². The van der Waals surface area contributed by atoms with Gasteiger partial charge in [0.05, 0.1) is 12.5 Å². The Bertz CT molecular complexity index is 912. The van der Waals surface area contributed by atoms with E-state index in [2.05, 4.69) is 28.6 Å². The number of hydrogen-bond donors (Lipinski definition) is 8. The number of rotatable bonds is 14. The van der Waals surface area contributed by atoms with Crippen LogP contribution in [0.25, 0.3) is 0 Å². The van der Waals surface area contributed by atoms with Crippen molar-refractivity contribution in [2.75, 3.05) is 5.75 Å². The van der Waals surface area contributed by atoms with Gasteiger partial charge in [-0.3, -0.25) is 19.2 Å². The minimum atomic E-state index is -1.29. The quantitative estimate of drug-likeness (QED) is 0.139. The molecule has 12 nitrogen and oxygen atoms in total. The molecule has 35 heavy (non-hydrogen) atoms. The van der Waals surface area contributed by atoms with Gasteiger partial charge in [-0.05, 0) is 23.6 Å². The second kappa shape index (κ2) is 14.2. The van der Waals surface area contributed by atoms with Gasteiger partial charge in [0.25, 0.3) is 0 Å². The van der Waals surface area contributed by atoms with E-state index in [-0.39, 0.29) is 23.8 Å². The fourth-order valence-corrected chi connectivity index (χ4v) is 3.32. The van der Waals surface area contributed by atoms with Gasteiger partial charge in [0.1, 0.15) is 23.9 Å². The third kappa shape index (κ3) is 9.83. The molecule has 0 heterocycles. The maximum atomic E-state index is 13.2. The van der Waals surface area contributed by atoms with Crippen molar-refractivity contribution in [1.82, 2.24) is 16.0 Å². The van der Waals surface area contributed by atoms with Crippen LogP contribution in [-0.4, -0.2) is 69.7 Å². The molecule has 0 aliphatic carbocycles. The molecule has 0 aliphatic rings.